The summed E-state index contributed by atoms with van der Waals surface area (Å²) in [6.45, 7) is 10.8. The maximum atomic E-state index is 14.9. The summed E-state index contributed by atoms with van der Waals surface area (Å²) in [5.74, 6) is -0.471. The van der Waals surface area contributed by atoms with Gasteiger partial charge >= 0.3 is 5.97 Å². The number of carbonyl (C=O) groups is 2. The van der Waals surface area contributed by atoms with Crippen LogP contribution >= 0.6 is 23.2 Å². The Morgan fingerprint density at radius 1 is 0.980 bits per heavy atom. The van der Waals surface area contributed by atoms with Gasteiger partial charge in [0.25, 0.3) is 5.91 Å². The number of nitrogens with zero attached hydrogens (tertiary/aromatic N) is 4. The highest BCUT2D eigenvalue weighted by atomic mass is 35.5. The van der Waals surface area contributed by atoms with Crippen molar-refractivity contribution in [1.82, 2.24) is 14.3 Å². The minimum Gasteiger partial charge on any atom is -0.494 e. The summed E-state index contributed by atoms with van der Waals surface area (Å²) < 4.78 is 10.2. The van der Waals surface area contributed by atoms with E-state index < -0.39 is 5.97 Å². The average Bonchev–Trinajstić information content (AvgIpc) is 3.55. The number of hydrogen-bond acceptors (Lipinski definition) is 4. The fraction of sp³-hybridized carbons (Fsp3) is 0.275. The lowest BCUT2D eigenvalue weighted by molar-refractivity contribution is 0.0698. The van der Waals surface area contributed by atoms with Gasteiger partial charge in [0, 0.05) is 52.6 Å². The molecule has 0 fully saturated rings. The molecule has 4 aromatic carbocycles. The van der Waals surface area contributed by atoms with Gasteiger partial charge in [-0.25, -0.2) is 4.79 Å². The molecule has 6 aromatic rings. The molecule has 0 spiro atoms. The summed E-state index contributed by atoms with van der Waals surface area (Å²) in [4.78, 5) is 29.0. The number of aromatic nitrogens is 3. The summed E-state index contributed by atoms with van der Waals surface area (Å²) in [6, 6.07) is 18.5. The number of fused-ring (bicyclic) bond motifs is 4. The molecule has 2 aromatic heterocycles. The Morgan fingerprint density at radius 3 is 2.38 bits per heavy atom. The highest BCUT2D eigenvalue weighted by Gasteiger charge is 2.37. The molecule has 1 N–H and O–H groups in total. The SMILES string of the molecule is Cc1cc(OCCCc2c3n(c4c(-c5c(C)nn(C)c5C)c(Cl)ccc24)[C@H](C)CN(c2cc(C(=O)O)c4ccccc4c2)C3=O)cc(C)c1Cl. The number of benzene rings is 4. The number of carboxylic acid groups (broad SMARTS) is 1. The van der Waals surface area contributed by atoms with Crippen LogP contribution in [0, 0.1) is 27.7 Å². The van der Waals surface area contributed by atoms with Crippen molar-refractivity contribution in [2.24, 2.45) is 7.05 Å². The monoisotopic (exact) mass is 708 g/mol. The van der Waals surface area contributed by atoms with Crippen LogP contribution in [0.2, 0.25) is 10.0 Å². The minimum absolute atomic E-state index is 0.159. The fourth-order valence-electron chi connectivity index (χ4n) is 7.58. The second-order valence-electron chi connectivity index (χ2n) is 13.3. The number of rotatable bonds is 8. The van der Waals surface area contributed by atoms with Crippen molar-refractivity contribution in [2.75, 3.05) is 18.1 Å². The van der Waals surface area contributed by atoms with E-state index in [1.165, 1.54) is 0 Å². The first-order valence-electron chi connectivity index (χ1n) is 16.7. The number of anilines is 1. The van der Waals surface area contributed by atoms with E-state index in [1.807, 2.05) is 88.0 Å². The summed E-state index contributed by atoms with van der Waals surface area (Å²) in [5, 5.41) is 18.5. The Morgan fingerprint density at radius 2 is 1.70 bits per heavy atom. The zero-order chi connectivity index (χ0) is 35.6. The quantitative estimate of drug-likeness (QED) is 0.159. The van der Waals surface area contributed by atoms with E-state index in [-0.39, 0.29) is 17.5 Å². The van der Waals surface area contributed by atoms with Crippen molar-refractivity contribution in [1.29, 1.82) is 0 Å². The zero-order valence-corrected chi connectivity index (χ0v) is 30.4. The smallest absolute Gasteiger partial charge is 0.336 e. The summed E-state index contributed by atoms with van der Waals surface area (Å²) in [6.07, 6.45) is 1.22. The first-order valence-corrected chi connectivity index (χ1v) is 17.5. The topological polar surface area (TPSA) is 89.6 Å². The number of halogens is 2. The molecule has 3 heterocycles. The predicted octanol–water partition coefficient (Wildman–Crippen LogP) is 9.67. The third-order valence-electron chi connectivity index (χ3n) is 9.95. The lowest BCUT2D eigenvalue weighted by atomic mass is 9.98. The molecule has 1 aliphatic rings. The highest BCUT2D eigenvalue weighted by Crippen LogP contribution is 2.45. The van der Waals surface area contributed by atoms with Crippen LogP contribution < -0.4 is 9.64 Å². The largest absolute Gasteiger partial charge is 0.494 e. The molecule has 10 heteroatoms. The second kappa shape index (κ2) is 12.8. The Bertz CT molecular complexity index is 2350. The molecule has 0 bridgehead atoms. The number of aromatic carboxylic acids is 1. The van der Waals surface area contributed by atoms with Crippen LogP contribution in [-0.4, -0.2) is 44.5 Å². The number of hydrogen-bond donors (Lipinski definition) is 1. The maximum absolute atomic E-state index is 14.9. The van der Waals surface area contributed by atoms with Crippen LogP contribution in [0.3, 0.4) is 0 Å². The first-order chi connectivity index (χ1) is 23.9. The van der Waals surface area contributed by atoms with Crippen molar-refractivity contribution >= 4 is 62.4 Å². The lowest BCUT2D eigenvalue weighted by Crippen LogP contribution is -2.42. The molecule has 50 heavy (non-hydrogen) atoms. The molecule has 1 aliphatic heterocycles. The Kier molecular flexibility index (Phi) is 8.65. The van der Waals surface area contributed by atoms with Crippen LogP contribution in [0.4, 0.5) is 5.69 Å². The first kappa shape index (κ1) is 33.7. The minimum atomic E-state index is -1.04. The molecule has 1 atom stereocenters. The van der Waals surface area contributed by atoms with Gasteiger partial charge in [-0.3, -0.25) is 9.48 Å². The molecule has 0 aliphatic carbocycles. The van der Waals surface area contributed by atoms with Crippen LogP contribution in [0.5, 0.6) is 5.75 Å². The van der Waals surface area contributed by atoms with Gasteiger partial charge in [0.15, 0.2) is 0 Å². The van der Waals surface area contributed by atoms with E-state index >= 15 is 0 Å². The molecule has 0 saturated carbocycles. The van der Waals surface area contributed by atoms with Gasteiger partial charge in [0.05, 0.1) is 28.4 Å². The summed E-state index contributed by atoms with van der Waals surface area (Å²) in [7, 11) is 1.92. The van der Waals surface area contributed by atoms with Gasteiger partial charge in [0.1, 0.15) is 11.4 Å². The number of aryl methyl sites for hydroxylation is 5. The van der Waals surface area contributed by atoms with Crippen molar-refractivity contribution < 1.29 is 19.4 Å². The van der Waals surface area contributed by atoms with Crippen LogP contribution in [0.15, 0.2) is 60.7 Å². The molecule has 256 valence electrons. The van der Waals surface area contributed by atoms with E-state index in [0.29, 0.717) is 47.8 Å². The fourth-order valence-corrected chi connectivity index (χ4v) is 7.94. The predicted molar refractivity (Wildman–Crippen MR) is 201 cm³/mol. The highest BCUT2D eigenvalue weighted by molar-refractivity contribution is 6.35. The normalized spacial score (nSPS) is 14.5. The number of ether oxygens (including phenoxy) is 1. The second-order valence-corrected chi connectivity index (χ2v) is 14.1. The molecule has 8 nitrogen and oxygen atoms in total. The summed E-state index contributed by atoms with van der Waals surface area (Å²) in [5.41, 5.74) is 8.65. The molecular weight excluding hydrogens is 671 g/mol. The van der Waals surface area contributed by atoms with Crippen LogP contribution in [-0.2, 0) is 13.5 Å². The van der Waals surface area contributed by atoms with Crippen molar-refractivity contribution in [3.05, 3.63) is 110 Å². The van der Waals surface area contributed by atoms with E-state index in [2.05, 4.69) is 11.5 Å². The third kappa shape index (κ3) is 5.51. The number of carbonyl (C=O) groups excluding carboxylic acids is 1. The van der Waals surface area contributed by atoms with Gasteiger partial charge in [-0.2, -0.15) is 5.10 Å². The van der Waals surface area contributed by atoms with E-state index in [4.69, 9.17) is 33.0 Å². The van der Waals surface area contributed by atoms with E-state index in [0.717, 1.165) is 66.3 Å². The van der Waals surface area contributed by atoms with Crippen molar-refractivity contribution in [2.45, 2.75) is 53.5 Å². The Labute approximate surface area is 300 Å². The lowest BCUT2D eigenvalue weighted by Gasteiger charge is -2.34. The van der Waals surface area contributed by atoms with Gasteiger partial charge < -0.3 is 19.3 Å². The standard InChI is InChI=1S/C40H38Cl2N4O4/c1-21-16-28(17-22(2)36(21)42)50-15-9-12-30-31-13-14-33(41)35(34-24(4)43-44(6)25(34)5)37(31)46-23(3)20-45(39(47)38(30)46)27-18-26-10-7-8-11-29(26)32(19-27)40(48)49/h7-8,10-11,13-14,16-19,23H,9,12,15,20H2,1-6H3,(H,48,49)/t23-/m1/s1. The van der Waals surface area contributed by atoms with Gasteiger partial charge in [-0.15, -0.1) is 0 Å². The van der Waals surface area contributed by atoms with Crippen molar-refractivity contribution in [3.8, 4) is 16.9 Å². The molecule has 0 saturated heterocycles. The summed E-state index contributed by atoms with van der Waals surface area (Å²) >= 11 is 13.4. The molecule has 0 unspecified atom stereocenters. The van der Waals surface area contributed by atoms with Crippen LogP contribution in [0.1, 0.15) is 68.3 Å². The molecule has 1 amide bonds. The Hall–Kier alpha value is -4.79. The zero-order valence-electron chi connectivity index (χ0n) is 28.9. The van der Waals surface area contributed by atoms with Crippen molar-refractivity contribution in [3.63, 3.8) is 0 Å². The number of amides is 1. The van der Waals surface area contributed by atoms with Crippen LogP contribution in [0.25, 0.3) is 32.8 Å². The number of carboxylic acids is 1. The molecular formula is C40H38Cl2N4O4. The van der Waals surface area contributed by atoms with Gasteiger partial charge in [-0.05, 0) is 105 Å². The molecule has 7 rings (SSSR count). The van der Waals surface area contributed by atoms with Gasteiger partial charge in [0.2, 0.25) is 0 Å². The third-order valence-corrected chi connectivity index (χ3v) is 10.9. The average molecular weight is 710 g/mol. The maximum Gasteiger partial charge on any atom is 0.336 e. The van der Waals surface area contributed by atoms with E-state index in [9.17, 15) is 14.7 Å². The van der Waals surface area contributed by atoms with Gasteiger partial charge in [-0.1, -0.05) is 53.5 Å². The Balaban J connectivity index is 1.37. The van der Waals surface area contributed by atoms with E-state index in [1.54, 1.807) is 17.0 Å². The molecule has 0 radical (unpaired) electrons.